The third-order valence-corrected chi connectivity index (χ3v) is 12.7. The van der Waals surface area contributed by atoms with Gasteiger partial charge in [-0.3, -0.25) is 4.57 Å². The highest BCUT2D eigenvalue weighted by atomic mass is 31.2. The van der Waals surface area contributed by atoms with Crippen LogP contribution >= 0.6 is 7.60 Å². The van der Waals surface area contributed by atoms with Gasteiger partial charge in [-0.2, -0.15) is 0 Å². The van der Waals surface area contributed by atoms with Crippen molar-refractivity contribution < 1.29 is 14.4 Å². The Balaban J connectivity index is 0.000000308. The molecule has 13 aromatic rings. The van der Waals surface area contributed by atoms with Crippen LogP contribution in [0.4, 0.5) is 0 Å². The molecule has 214 valence electrons. The van der Waals surface area contributed by atoms with Gasteiger partial charge in [0.05, 0.1) is 0 Å². The minimum absolute atomic E-state index is 0.854. The Hall–Kier alpha value is -4.53. The Labute approximate surface area is 260 Å². The van der Waals surface area contributed by atoms with E-state index < -0.39 is 7.60 Å². The zero-order chi connectivity index (χ0) is 30.2. The van der Waals surface area contributed by atoms with E-state index in [2.05, 4.69) is 36.4 Å². The number of rotatable bonds is 0. The van der Waals surface area contributed by atoms with Crippen molar-refractivity contribution in [1.29, 1.82) is 0 Å². The summed E-state index contributed by atoms with van der Waals surface area (Å²) in [5, 5.41) is 38.2. The van der Waals surface area contributed by atoms with Crippen LogP contribution in [0.1, 0.15) is 47.2 Å². The van der Waals surface area contributed by atoms with E-state index in [9.17, 15) is 4.57 Å². The molecule has 0 fully saturated rings. The lowest BCUT2D eigenvalue weighted by Crippen LogP contribution is -1.86. The predicted molar refractivity (Wildman–Crippen MR) is 195 cm³/mol. The maximum Gasteiger partial charge on any atom is 0.322 e. The first-order valence-electron chi connectivity index (χ1n) is 16.6. The van der Waals surface area contributed by atoms with Crippen molar-refractivity contribution in [2.24, 2.45) is 0 Å². The summed E-state index contributed by atoms with van der Waals surface area (Å²) in [6.45, 7) is 4.85. The molecule has 16 rings (SSSR count). The average Bonchev–Trinajstić information content (AvgIpc) is 3.83. The molecular formula is C42H23O3P. The van der Waals surface area contributed by atoms with Crippen LogP contribution in [0, 0.1) is 0 Å². The predicted octanol–water partition coefficient (Wildman–Crippen LogP) is 11.0. The standard InChI is InChI=1S/C39H12.C2H6.CH5O3P/c1-10-4-16-6-12-2-14-8-18-9-15-3-13-7-17-5-11(1)20-19(10)28-25(16)30-21(12)23(14)32-27(18)33-24(15)22(13)31-26(17)29(20)35-34(28)36(30)38(32)39(33)37(31)35;1-2;1-5(2,3)4/h4-9H,1-3H2;1-2H3;1H3,(H2,2,3,4). The lowest BCUT2D eigenvalue weighted by molar-refractivity contribution is 0.381. The Bertz CT molecular complexity index is 2960. The minimum Gasteiger partial charge on any atom is -0.325 e. The number of hydrogen-bond acceptors (Lipinski definition) is 1. The van der Waals surface area contributed by atoms with Gasteiger partial charge >= 0.3 is 7.60 Å². The van der Waals surface area contributed by atoms with E-state index >= 15 is 0 Å². The Morgan fingerprint density at radius 2 is 0.522 bits per heavy atom. The van der Waals surface area contributed by atoms with Crippen LogP contribution in [0.15, 0.2) is 36.4 Å². The lowest BCUT2D eigenvalue weighted by atomic mass is 9.90. The maximum atomic E-state index is 9.33. The van der Waals surface area contributed by atoms with Gasteiger partial charge in [-0.25, -0.2) is 0 Å². The molecule has 0 saturated carbocycles. The highest BCUT2D eigenvalue weighted by Crippen LogP contribution is 2.67. The van der Waals surface area contributed by atoms with Crippen molar-refractivity contribution >= 4 is 137 Å². The summed E-state index contributed by atoms with van der Waals surface area (Å²) in [7, 11) is -3.64. The first-order chi connectivity index (χ1) is 22.3. The molecule has 0 radical (unpaired) electrons. The highest BCUT2D eigenvalue weighted by Gasteiger charge is 2.40. The molecule has 3 nitrogen and oxygen atoms in total. The summed E-state index contributed by atoms with van der Waals surface area (Å²) in [5.41, 5.74) is 9.44. The molecule has 0 aliphatic heterocycles. The van der Waals surface area contributed by atoms with Gasteiger partial charge in [0, 0.05) is 6.66 Å². The fourth-order valence-corrected chi connectivity index (χ4v) is 12.0. The molecule has 46 heavy (non-hydrogen) atoms. The normalized spacial score (nSPS) is 15.8. The molecule has 13 aromatic carbocycles. The second-order valence-electron chi connectivity index (χ2n) is 14.6. The van der Waals surface area contributed by atoms with Crippen molar-refractivity contribution in [3.63, 3.8) is 0 Å². The summed E-state index contributed by atoms with van der Waals surface area (Å²) in [6.07, 6.45) is 3.26. The Morgan fingerprint density at radius 3 is 0.696 bits per heavy atom. The number of hydrogen-bond donors (Lipinski definition) is 2. The van der Waals surface area contributed by atoms with Gasteiger partial charge < -0.3 is 9.79 Å². The van der Waals surface area contributed by atoms with Crippen molar-refractivity contribution in [3.8, 4) is 0 Å². The van der Waals surface area contributed by atoms with Crippen LogP contribution in [0.3, 0.4) is 0 Å². The fourth-order valence-electron chi connectivity index (χ4n) is 12.0. The van der Waals surface area contributed by atoms with Gasteiger partial charge in [-0.15, -0.1) is 0 Å². The lowest BCUT2D eigenvalue weighted by Gasteiger charge is -2.11. The van der Waals surface area contributed by atoms with Gasteiger partial charge in [0.15, 0.2) is 0 Å². The van der Waals surface area contributed by atoms with Crippen molar-refractivity contribution in [3.05, 3.63) is 69.8 Å². The first kappa shape index (κ1) is 22.9. The summed E-state index contributed by atoms with van der Waals surface area (Å²) < 4.78 is 9.33. The topological polar surface area (TPSA) is 57.5 Å². The molecule has 3 aliphatic rings. The molecule has 0 aromatic heterocycles. The summed E-state index contributed by atoms with van der Waals surface area (Å²) >= 11 is 0. The largest absolute Gasteiger partial charge is 0.325 e. The smallest absolute Gasteiger partial charge is 0.322 e. The van der Waals surface area contributed by atoms with Crippen molar-refractivity contribution in [1.82, 2.24) is 0 Å². The second kappa shape index (κ2) is 6.25. The van der Waals surface area contributed by atoms with Gasteiger partial charge in [0.25, 0.3) is 0 Å². The van der Waals surface area contributed by atoms with E-state index in [0.29, 0.717) is 0 Å². The van der Waals surface area contributed by atoms with Crippen LogP contribution < -0.4 is 0 Å². The Kier molecular flexibility index (Phi) is 3.11. The van der Waals surface area contributed by atoms with E-state index in [0.717, 1.165) is 25.9 Å². The second-order valence-corrected chi connectivity index (χ2v) is 16.3. The molecule has 0 bridgehead atoms. The highest BCUT2D eigenvalue weighted by molar-refractivity contribution is 7.50. The molecule has 4 heteroatoms. The fraction of sp³-hybridized carbons (Fsp3) is 0.143. The third-order valence-electron chi connectivity index (χ3n) is 12.7. The molecule has 0 spiro atoms. The molecule has 3 aliphatic carbocycles. The van der Waals surface area contributed by atoms with E-state index in [-0.39, 0.29) is 0 Å². The van der Waals surface area contributed by atoms with Crippen molar-refractivity contribution in [2.45, 2.75) is 33.1 Å². The van der Waals surface area contributed by atoms with Crippen LogP contribution in [0.2, 0.25) is 0 Å². The van der Waals surface area contributed by atoms with Crippen LogP contribution in [-0.2, 0) is 23.8 Å². The Morgan fingerprint density at radius 1 is 0.370 bits per heavy atom. The molecular weight excluding hydrogens is 583 g/mol. The van der Waals surface area contributed by atoms with Crippen LogP contribution in [0.25, 0.3) is 129 Å². The molecule has 0 saturated heterocycles. The van der Waals surface area contributed by atoms with Gasteiger partial charge in [0.1, 0.15) is 0 Å². The van der Waals surface area contributed by atoms with Gasteiger partial charge in [-0.1, -0.05) is 50.2 Å². The molecule has 0 amide bonds. The molecule has 0 unspecified atom stereocenters. The van der Waals surface area contributed by atoms with E-state index in [1.807, 2.05) is 13.8 Å². The van der Waals surface area contributed by atoms with Crippen molar-refractivity contribution in [2.75, 3.05) is 6.66 Å². The quantitative estimate of drug-likeness (QED) is 0.133. The summed E-state index contributed by atoms with van der Waals surface area (Å²) in [5.74, 6) is 0. The molecule has 0 heterocycles. The average molecular weight is 607 g/mol. The van der Waals surface area contributed by atoms with Crippen LogP contribution in [-0.4, -0.2) is 16.5 Å². The van der Waals surface area contributed by atoms with E-state index in [4.69, 9.17) is 9.79 Å². The van der Waals surface area contributed by atoms with E-state index in [1.165, 1.54) is 16.2 Å². The van der Waals surface area contributed by atoms with Gasteiger partial charge in [-0.05, 0) is 182 Å². The summed E-state index contributed by atoms with van der Waals surface area (Å²) in [6, 6.07) is 15.6. The zero-order valence-electron chi connectivity index (χ0n) is 25.3. The number of benzene rings is 10. The van der Waals surface area contributed by atoms with Gasteiger partial charge in [0.2, 0.25) is 0 Å². The SMILES string of the molecule is CC.CP(=O)(O)O.c1c2c3c4c(cc5cc6c7c8c(cc9cc%10c%11c%12c(cc1c1c3c3c%13c4c5c7c%13c4c8c9c%11c4c3c%121)C%10)C6)C2. The summed E-state index contributed by atoms with van der Waals surface area (Å²) in [4.78, 5) is 15.3. The third kappa shape index (κ3) is 1.90. The minimum atomic E-state index is -3.64. The maximum absolute atomic E-state index is 9.33. The van der Waals surface area contributed by atoms with Crippen LogP contribution in [0.5, 0.6) is 0 Å². The zero-order valence-corrected chi connectivity index (χ0v) is 26.2. The molecule has 2 N–H and O–H groups in total. The molecule has 0 atom stereocenters. The first-order valence-corrected chi connectivity index (χ1v) is 18.7. The van der Waals surface area contributed by atoms with E-state index in [1.54, 1.807) is 146 Å². The monoisotopic (exact) mass is 606 g/mol.